The first-order valence-corrected chi connectivity index (χ1v) is 12.4. The van der Waals surface area contributed by atoms with E-state index in [1.165, 1.54) is 6.92 Å². The van der Waals surface area contributed by atoms with Gasteiger partial charge in [0.2, 0.25) is 0 Å². The summed E-state index contributed by atoms with van der Waals surface area (Å²) in [4.78, 5) is 15.5. The molecule has 0 spiro atoms. The maximum atomic E-state index is 11.7. The molecule has 1 aromatic rings. The minimum atomic E-state index is -1.74. The minimum absolute atomic E-state index is 0.0616. The van der Waals surface area contributed by atoms with Crippen LogP contribution in [0, 0.1) is 0 Å². The lowest BCUT2D eigenvalue weighted by atomic mass is 10.2. The Kier molecular flexibility index (Phi) is 5.32. The quantitative estimate of drug-likeness (QED) is 0.639. The molecule has 1 saturated carbocycles. The number of fused-ring (bicyclic) bond motifs is 1. The van der Waals surface area contributed by atoms with E-state index in [-0.39, 0.29) is 35.4 Å². The van der Waals surface area contributed by atoms with Gasteiger partial charge in [-0.1, -0.05) is 64.2 Å². The lowest BCUT2D eigenvalue weighted by Gasteiger charge is -2.41. The van der Waals surface area contributed by atoms with Crippen LogP contribution in [0.15, 0.2) is 30.3 Å². The topological polar surface area (TPSA) is 56.8 Å². The molecule has 6 heteroatoms. The Morgan fingerprint density at radius 3 is 2.42 bits per heavy atom. The van der Waals surface area contributed by atoms with Crippen LogP contribution in [0.5, 0.6) is 0 Å². The van der Waals surface area contributed by atoms with Gasteiger partial charge >= 0.3 is 5.97 Å². The van der Waals surface area contributed by atoms with Gasteiger partial charge in [-0.25, -0.2) is 0 Å². The van der Waals surface area contributed by atoms with Crippen molar-refractivity contribution in [3.63, 3.8) is 0 Å². The van der Waals surface area contributed by atoms with E-state index in [1.54, 1.807) is 0 Å². The molecule has 0 bridgehead atoms. The molecule has 5 atom stereocenters. The first-order valence-electron chi connectivity index (χ1n) is 9.39. The second-order valence-corrected chi connectivity index (χ2v) is 14.0. The summed E-state index contributed by atoms with van der Waals surface area (Å²) in [6.07, 6.45) is -0.213. The molecule has 1 N–H and O–H groups in total. The van der Waals surface area contributed by atoms with Crippen LogP contribution in [0.3, 0.4) is 0 Å². The SMILES string of the molecule is CC(=O)O[C@@H]1[C@@H]2O[C@H](c3ccccc3)O[C@@H]2C[C@H]1N[Si](C)(C)C(C)(C)C. The molecular formula is C20H31NO4Si. The highest BCUT2D eigenvalue weighted by Gasteiger charge is 2.54. The summed E-state index contributed by atoms with van der Waals surface area (Å²) in [7, 11) is -1.74. The number of carbonyl (C=O) groups is 1. The number of carbonyl (C=O) groups excluding carboxylic acids is 1. The molecule has 0 radical (unpaired) electrons. The summed E-state index contributed by atoms with van der Waals surface area (Å²) in [6.45, 7) is 12.9. The van der Waals surface area contributed by atoms with E-state index in [0.717, 1.165) is 12.0 Å². The first-order chi connectivity index (χ1) is 12.1. The number of nitrogens with one attached hydrogen (secondary N) is 1. The Morgan fingerprint density at radius 1 is 1.19 bits per heavy atom. The number of hydrogen-bond acceptors (Lipinski definition) is 5. The number of hydrogen-bond donors (Lipinski definition) is 1. The van der Waals surface area contributed by atoms with E-state index in [4.69, 9.17) is 14.2 Å². The maximum Gasteiger partial charge on any atom is 0.303 e. The third kappa shape index (κ3) is 3.88. The van der Waals surface area contributed by atoms with Gasteiger partial charge in [0.25, 0.3) is 0 Å². The molecule has 144 valence electrons. The highest BCUT2D eigenvalue weighted by Crippen LogP contribution is 2.43. The lowest BCUT2D eigenvalue weighted by Crippen LogP contribution is -2.59. The Balaban J connectivity index is 1.76. The van der Waals surface area contributed by atoms with E-state index in [1.807, 2.05) is 30.3 Å². The molecule has 1 saturated heterocycles. The van der Waals surface area contributed by atoms with E-state index in [2.05, 4.69) is 38.8 Å². The van der Waals surface area contributed by atoms with Gasteiger partial charge in [-0.2, -0.15) is 0 Å². The summed E-state index contributed by atoms with van der Waals surface area (Å²) in [6, 6.07) is 9.98. The molecule has 1 aliphatic carbocycles. The van der Waals surface area contributed by atoms with Crippen LogP contribution in [-0.4, -0.2) is 38.6 Å². The summed E-state index contributed by atoms with van der Waals surface area (Å²) < 4.78 is 18.1. The van der Waals surface area contributed by atoms with Crippen molar-refractivity contribution in [3.8, 4) is 0 Å². The van der Waals surface area contributed by atoms with Crippen molar-refractivity contribution >= 4 is 14.2 Å². The van der Waals surface area contributed by atoms with Crippen LogP contribution >= 0.6 is 0 Å². The second-order valence-electron chi connectivity index (χ2n) is 8.95. The average molecular weight is 378 g/mol. The fraction of sp³-hybridized carbons (Fsp3) is 0.650. The van der Waals surface area contributed by atoms with Crippen LogP contribution < -0.4 is 4.98 Å². The van der Waals surface area contributed by atoms with Gasteiger partial charge in [0.1, 0.15) is 20.4 Å². The van der Waals surface area contributed by atoms with Gasteiger partial charge < -0.3 is 19.2 Å². The third-order valence-electron chi connectivity index (χ3n) is 5.95. The second kappa shape index (κ2) is 7.07. The van der Waals surface area contributed by atoms with Crippen molar-refractivity contribution in [3.05, 3.63) is 35.9 Å². The summed E-state index contributed by atoms with van der Waals surface area (Å²) in [5, 5.41) is 0.194. The maximum absolute atomic E-state index is 11.7. The van der Waals surface area contributed by atoms with E-state index in [0.29, 0.717) is 0 Å². The van der Waals surface area contributed by atoms with E-state index in [9.17, 15) is 4.79 Å². The fourth-order valence-corrected chi connectivity index (χ4v) is 5.16. The van der Waals surface area contributed by atoms with Crippen LogP contribution in [0.2, 0.25) is 18.1 Å². The van der Waals surface area contributed by atoms with E-state index >= 15 is 0 Å². The summed E-state index contributed by atoms with van der Waals surface area (Å²) in [5.41, 5.74) is 0.998. The summed E-state index contributed by atoms with van der Waals surface area (Å²) in [5.74, 6) is -0.274. The molecule has 0 amide bonds. The Hall–Kier alpha value is -1.21. The monoisotopic (exact) mass is 377 g/mol. The molecule has 26 heavy (non-hydrogen) atoms. The van der Waals surface area contributed by atoms with Crippen LogP contribution in [0.4, 0.5) is 0 Å². The number of rotatable bonds is 4. The zero-order valence-corrected chi connectivity index (χ0v) is 17.6. The summed E-state index contributed by atoms with van der Waals surface area (Å²) >= 11 is 0. The van der Waals surface area contributed by atoms with Crippen molar-refractivity contribution in [2.75, 3.05) is 0 Å². The number of esters is 1. The zero-order valence-electron chi connectivity index (χ0n) is 16.6. The zero-order chi connectivity index (χ0) is 19.1. The molecule has 2 fully saturated rings. The van der Waals surface area contributed by atoms with Gasteiger partial charge in [-0.3, -0.25) is 4.79 Å². The molecular weight excluding hydrogens is 346 g/mol. The number of benzene rings is 1. The van der Waals surface area contributed by atoms with Crippen molar-refractivity contribution in [1.29, 1.82) is 0 Å². The predicted molar refractivity (Wildman–Crippen MR) is 103 cm³/mol. The van der Waals surface area contributed by atoms with Gasteiger partial charge in [-0.05, 0) is 11.5 Å². The molecule has 2 aliphatic rings. The first kappa shape index (κ1) is 19.5. The molecule has 0 aromatic heterocycles. The molecule has 0 unspecified atom stereocenters. The Morgan fingerprint density at radius 2 is 1.85 bits per heavy atom. The molecule has 1 aliphatic heterocycles. The highest BCUT2D eigenvalue weighted by atomic mass is 28.3. The Labute approximate surface area is 157 Å². The fourth-order valence-electron chi connectivity index (χ4n) is 3.52. The van der Waals surface area contributed by atoms with Crippen LogP contribution in [0.25, 0.3) is 0 Å². The van der Waals surface area contributed by atoms with E-state index < -0.39 is 14.5 Å². The molecule has 3 rings (SSSR count). The van der Waals surface area contributed by atoms with Gasteiger partial charge in [-0.15, -0.1) is 0 Å². The largest absolute Gasteiger partial charge is 0.458 e. The number of ether oxygens (including phenoxy) is 3. The normalized spacial score (nSPS) is 31.7. The lowest BCUT2D eigenvalue weighted by molar-refractivity contribution is -0.156. The van der Waals surface area contributed by atoms with Crippen LogP contribution in [0.1, 0.15) is 46.0 Å². The predicted octanol–water partition coefficient (Wildman–Crippen LogP) is 3.77. The van der Waals surface area contributed by atoms with Gasteiger partial charge in [0, 0.05) is 18.5 Å². The van der Waals surface area contributed by atoms with Crippen molar-refractivity contribution in [1.82, 2.24) is 4.98 Å². The van der Waals surface area contributed by atoms with Gasteiger partial charge in [0.05, 0.1) is 6.10 Å². The Bertz CT molecular complexity index is 643. The van der Waals surface area contributed by atoms with Crippen molar-refractivity contribution in [2.45, 2.75) is 82.9 Å². The van der Waals surface area contributed by atoms with Crippen LogP contribution in [-0.2, 0) is 19.0 Å². The smallest absolute Gasteiger partial charge is 0.303 e. The molecule has 1 heterocycles. The van der Waals surface area contributed by atoms with Gasteiger partial charge in [0.15, 0.2) is 6.29 Å². The average Bonchev–Trinajstić information content (AvgIpc) is 3.06. The standard InChI is InChI=1S/C20H31NO4Si/c1-13(22)23-17-15(21-26(5,6)20(2,3)4)12-16-18(17)25-19(24-16)14-10-8-7-9-11-14/h7-11,15-19,21H,12H2,1-6H3/t15-,16-,17+,18-,19-/m1/s1. The third-order valence-corrected chi connectivity index (χ3v) is 10.8. The van der Waals surface area contributed by atoms with Crippen molar-refractivity contribution in [2.24, 2.45) is 0 Å². The minimum Gasteiger partial charge on any atom is -0.458 e. The molecule has 5 nitrogen and oxygen atoms in total. The highest BCUT2D eigenvalue weighted by molar-refractivity contribution is 6.77. The molecule has 1 aromatic carbocycles. The van der Waals surface area contributed by atoms with Crippen molar-refractivity contribution < 1.29 is 19.0 Å².